The second-order valence-corrected chi connectivity index (χ2v) is 5.21. The fraction of sp³-hybridized carbons (Fsp3) is 0.571. The topological polar surface area (TPSA) is 32.3 Å². The van der Waals surface area contributed by atoms with Crippen LogP contribution in [0.5, 0.6) is 5.75 Å². The van der Waals surface area contributed by atoms with Gasteiger partial charge < -0.3 is 10.4 Å². The van der Waals surface area contributed by atoms with Crippen LogP contribution in [0.2, 0.25) is 0 Å². The standard InChI is InChI=1S/C12H18O.C2H7N/c1-8-6-10(12(3,4)5)7-9(2)11(8)13;1-3-2/h6-7,13H,1-5H3;3H,1-2H3. The lowest BCUT2D eigenvalue weighted by atomic mass is 9.85. The maximum atomic E-state index is 9.60. The Morgan fingerprint density at radius 3 is 1.56 bits per heavy atom. The molecular weight excluding hydrogens is 198 g/mol. The van der Waals surface area contributed by atoms with Crippen molar-refractivity contribution in [3.63, 3.8) is 0 Å². The van der Waals surface area contributed by atoms with Crippen LogP contribution in [0, 0.1) is 13.8 Å². The van der Waals surface area contributed by atoms with Crippen LogP contribution in [-0.2, 0) is 5.41 Å². The minimum Gasteiger partial charge on any atom is -0.507 e. The van der Waals surface area contributed by atoms with Gasteiger partial charge in [0.1, 0.15) is 5.75 Å². The normalized spacial score (nSPS) is 10.7. The fourth-order valence-corrected chi connectivity index (χ4v) is 1.39. The number of benzene rings is 1. The number of aryl methyl sites for hydroxylation is 2. The highest BCUT2D eigenvalue weighted by molar-refractivity contribution is 5.44. The molecule has 0 heterocycles. The molecule has 0 bridgehead atoms. The summed E-state index contributed by atoms with van der Waals surface area (Å²) in [6.07, 6.45) is 0. The molecule has 1 rings (SSSR count). The summed E-state index contributed by atoms with van der Waals surface area (Å²) in [5.41, 5.74) is 3.36. The zero-order valence-corrected chi connectivity index (χ0v) is 11.6. The van der Waals surface area contributed by atoms with Crippen LogP contribution in [0.4, 0.5) is 0 Å². The molecule has 0 aliphatic carbocycles. The van der Waals surface area contributed by atoms with Gasteiger partial charge in [0, 0.05) is 0 Å². The van der Waals surface area contributed by atoms with E-state index in [2.05, 4.69) is 38.2 Å². The molecule has 0 radical (unpaired) electrons. The van der Waals surface area contributed by atoms with E-state index < -0.39 is 0 Å². The van der Waals surface area contributed by atoms with Crippen molar-refractivity contribution < 1.29 is 5.11 Å². The van der Waals surface area contributed by atoms with Gasteiger partial charge in [-0.3, -0.25) is 0 Å². The van der Waals surface area contributed by atoms with Crippen LogP contribution < -0.4 is 5.32 Å². The Balaban J connectivity index is 0.000000673. The van der Waals surface area contributed by atoms with E-state index in [-0.39, 0.29) is 5.41 Å². The fourth-order valence-electron chi connectivity index (χ4n) is 1.39. The van der Waals surface area contributed by atoms with E-state index in [9.17, 15) is 5.11 Å². The molecule has 0 atom stereocenters. The van der Waals surface area contributed by atoms with Gasteiger partial charge in [-0.15, -0.1) is 0 Å². The van der Waals surface area contributed by atoms with Gasteiger partial charge in [-0.25, -0.2) is 0 Å². The second-order valence-electron chi connectivity index (χ2n) is 5.21. The van der Waals surface area contributed by atoms with Gasteiger partial charge >= 0.3 is 0 Å². The summed E-state index contributed by atoms with van der Waals surface area (Å²) in [7, 11) is 3.75. The number of hydrogen-bond donors (Lipinski definition) is 2. The third-order valence-corrected chi connectivity index (χ3v) is 2.36. The second kappa shape index (κ2) is 5.90. The largest absolute Gasteiger partial charge is 0.507 e. The van der Waals surface area contributed by atoms with Crippen molar-refractivity contribution in [1.29, 1.82) is 0 Å². The van der Waals surface area contributed by atoms with Crippen molar-refractivity contribution >= 4 is 0 Å². The van der Waals surface area contributed by atoms with Crippen LogP contribution in [0.15, 0.2) is 12.1 Å². The lowest BCUT2D eigenvalue weighted by Crippen LogP contribution is -2.11. The van der Waals surface area contributed by atoms with E-state index in [4.69, 9.17) is 0 Å². The van der Waals surface area contributed by atoms with Gasteiger partial charge in [0.05, 0.1) is 0 Å². The lowest BCUT2D eigenvalue weighted by Gasteiger charge is -2.20. The highest BCUT2D eigenvalue weighted by atomic mass is 16.3. The third kappa shape index (κ3) is 4.23. The molecule has 0 unspecified atom stereocenters. The molecule has 0 aliphatic heterocycles. The molecule has 2 N–H and O–H groups in total. The summed E-state index contributed by atoms with van der Waals surface area (Å²) in [5.74, 6) is 0.424. The van der Waals surface area contributed by atoms with E-state index in [1.807, 2.05) is 27.9 Å². The van der Waals surface area contributed by atoms with Crippen molar-refractivity contribution in [1.82, 2.24) is 5.32 Å². The van der Waals surface area contributed by atoms with Crippen LogP contribution in [0.25, 0.3) is 0 Å². The molecule has 0 spiro atoms. The first-order valence-electron chi connectivity index (χ1n) is 5.63. The smallest absolute Gasteiger partial charge is 0.121 e. The zero-order valence-electron chi connectivity index (χ0n) is 11.6. The Hall–Kier alpha value is -1.02. The summed E-state index contributed by atoms with van der Waals surface area (Å²) in [4.78, 5) is 0. The van der Waals surface area contributed by atoms with Gasteiger partial charge in [0.2, 0.25) is 0 Å². The SMILES string of the molecule is CNC.Cc1cc(C(C)(C)C)cc(C)c1O. The Labute approximate surface area is 99.7 Å². The zero-order chi connectivity index (χ0) is 12.9. The Kier molecular flexibility index (Phi) is 5.52. The average molecular weight is 223 g/mol. The molecule has 0 aliphatic rings. The van der Waals surface area contributed by atoms with Gasteiger partial charge in [0.25, 0.3) is 0 Å². The predicted octanol–water partition coefficient (Wildman–Crippen LogP) is 3.14. The summed E-state index contributed by atoms with van der Waals surface area (Å²) < 4.78 is 0. The number of hydrogen-bond acceptors (Lipinski definition) is 2. The van der Waals surface area contributed by atoms with Crippen LogP contribution in [0.1, 0.15) is 37.5 Å². The molecule has 0 amide bonds. The molecule has 0 saturated carbocycles. The first-order chi connectivity index (χ1) is 7.23. The van der Waals surface area contributed by atoms with Gasteiger partial charge in [-0.05, 0) is 50.0 Å². The molecule has 0 saturated heterocycles. The minimum atomic E-state index is 0.156. The molecule has 1 aromatic carbocycles. The van der Waals surface area contributed by atoms with E-state index in [1.54, 1.807) is 0 Å². The monoisotopic (exact) mass is 223 g/mol. The van der Waals surface area contributed by atoms with Crippen molar-refractivity contribution in [2.45, 2.75) is 40.0 Å². The molecule has 16 heavy (non-hydrogen) atoms. The van der Waals surface area contributed by atoms with E-state index >= 15 is 0 Å². The van der Waals surface area contributed by atoms with Crippen LogP contribution >= 0.6 is 0 Å². The Morgan fingerprint density at radius 2 is 1.31 bits per heavy atom. The van der Waals surface area contributed by atoms with E-state index in [1.165, 1.54) is 5.56 Å². The molecule has 92 valence electrons. The van der Waals surface area contributed by atoms with Gasteiger partial charge in [-0.2, -0.15) is 0 Å². The van der Waals surface area contributed by atoms with Crippen molar-refractivity contribution in [3.05, 3.63) is 28.8 Å². The number of phenolic OH excluding ortho intramolecular Hbond substituents is 1. The number of phenols is 1. The number of aromatic hydroxyl groups is 1. The Morgan fingerprint density at radius 1 is 1.00 bits per heavy atom. The van der Waals surface area contributed by atoms with E-state index in [0.29, 0.717) is 5.75 Å². The minimum absolute atomic E-state index is 0.156. The first kappa shape index (κ1) is 15.0. The molecule has 1 aromatic rings. The quantitative estimate of drug-likeness (QED) is 0.708. The number of nitrogens with one attached hydrogen (secondary N) is 1. The number of rotatable bonds is 0. The van der Waals surface area contributed by atoms with Crippen molar-refractivity contribution in [2.24, 2.45) is 0 Å². The molecule has 2 nitrogen and oxygen atoms in total. The maximum Gasteiger partial charge on any atom is 0.121 e. The summed E-state index contributed by atoms with van der Waals surface area (Å²) in [6, 6.07) is 4.12. The molecule has 2 heteroatoms. The van der Waals surface area contributed by atoms with Crippen molar-refractivity contribution in [3.8, 4) is 5.75 Å². The van der Waals surface area contributed by atoms with Gasteiger partial charge in [-0.1, -0.05) is 32.9 Å². The summed E-state index contributed by atoms with van der Waals surface area (Å²) in [6.45, 7) is 10.4. The molecule has 0 fully saturated rings. The highest BCUT2D eigenvalue weighted by Crippen LogP contribution is 2.29. The summed E-state index contributed by atoms with van der Waals surface area (Å²) in [5, 5.41) is 12.3. The third-order valence-electron chi connectivity index (χ3n) is 2.36. The van der Waals surface area contributed by atoms with E-state index in [0.717, 1.165) is 11.1 Å². The van der Waals surface area contributed by atoms with Crippen LogP contribution in [-0.4, -0.2) is 19.2 Å². The molecular formula is C14H25NO. The first-order valence-corrected chi connectivity index (χ1v) is 5.63. The lowest BCUT2D eigenvalue weighted by molar-refractivity contribution is 0.465. The van der Waals surface area contributed by atoms with Gasteiger partial charge in [0.15, 0.2) is 0 Å². The molecule has 0 aromatic heterocycles. The highest BCUT2D eigenvalue weighted by Gasteiger charge is 2.15. The summed E-state index contributed by atoms with van der Waals surface area (Å²) >= 11 is 0. The van der Waals surface area contributed by atoms with Crippen molar-refractivity contribution in [2.75, 3.05) is 14.1 Å². The van der Waals surface area contributed by atoms with Crippen LogP contribution in [0.3, 0.4) is 0 Å². The maximum absolute atomic E-state index is 9.60. The predicted molar refractivity (Wildman–Crippen MR) is 71.3 cm³/mol. The Bertz CT molecular complexity index is 314. The average Bonchev–Trinajstić information content (AvgIpc) is 2.13.